The van der Waals surface area contributed by atoms with E-state index in [-0.39, 0.29) is 23.5 Å². The lowest BCUT2D eigenvalue weighted by Crippen LogP contribution is -2.33. The van der Waals surface area contributed by atoms with Gasteiger partial charge >= 0.3 is 0 Å². The van der Waals surface area contributed by atoms with Gasteiger partial charge in [-0.1, -0.05) is 18.7 Å². The number of rotatable bonds is 7. The van der Waals surface area contributed by atoms with Crippen LogP contribution in [0.4, 0.5) is 10.5 Å². The first-order valence-corrected chi connectivity index (χ1v) is 8.47. The molecule has 1 atom stereocenters. The number of hydrogen-bond donors (Lipinski definition) is 1. The third kappa shape index (κ3) is 4.48. The van der Waals surface area contributed by atoms with Gasteiger partial charge in [0.1, 0.15) is 11.0 Å². The summed E-state index contributed by atoms with van der Waals surface area (Å²) in [6, 6.07) is 7.00. The lowest BCUT2D eigenvalue weighted by atomic mass is 10.2. The van der Waals surface area contributed by atoms with Crippen molar-refractivity contribution in [3.05, 3.63) is 24.3 Å². The molecule has 1 fully saturated rings. The van der Waals surface area contributed by atoms with Crippen molar-refractivity contribution in [3.8, 4) is 5.75 Å². The highest BCUT2D eigenvalue weighted by molar-refractivity contribution is 8.15. The molecule has 124 valence electrons. The molecule has 1 N–H and O–H groups in total. The van der Waals surface area contributed by atoms with Crippen LogP contribution in [0.3, 0.4) is 0 Å². The van der Waals surface area contributed by atoms with Gasteiger partial charge in [-0.05, 0) is 37.6 Å². The topological polar surface area (TPSA) is 75.7 Å². The fraction of sp³-hybridized carbons (Fsp3) is 0.438. The molecule has 1 heterocycles. The van der Waals surface area contributed by atoms with E-state index in [2.05, 4.69) is 5.32 Å². The smallest absolute Gasteiger partial charge is 0.289 e. The van der Waals surface area contributed by atoms with Crippen molar-refractivity contribution in [2.45, 2.75) is 31.9 Å². The summed E-state index contributed by atoms with van der Waals surface area (Å²) in [5.74, 6) is 0.169. The average molecular weight is 336 g/mol. The lowest BCUT2D eigenvalue weighted by molar-refractivity contribution is -0.128. The quantitative estimate of drug-likeness (QED) is 0.828. The normalized spacial score (nSPS) is 17.5. The molecule has 1 aliphatic heterocycles. The standard InChI is InChI=1S/C16H20N2O4S/c1-3-9-18-15(20)13(23-16(18)21)10-14(19)17-11-5-7-12(8-6-11)22-4-2/h5-8,13H,3-4,9-10H2,1-2H3,(H,17,19)/t13-/m0/s1. The minimum Gasteiger partial charge on any atom is -0.494 e. The van der Waals surface area contributed by atoms with Crippen molar-refractivity contribution in [2.75, 3.05) is 18.5 Å². The molecule has 1 saturated heterocycles. The van der Waals surface area contributed by atoms with Gasteiger partial charge in [0.2, 0.25) is 11.8 Å². The summed E-state index contributed by atoms with van der Waals surface area (Å²) in [5.41, 5.74) is 0.630. The Morgan fingerprint density at radius 2 is 1.96 bits per heavy atom. The molecule has 0 radical (unpaired) electrons. The predicted molar refractivity (Wildman–Crippen MR) is 89.6 cm³/mol. The molecule has 1 aromatic carbocycles. The van der Waals surface area contributed by atoms with E-state index >= 15 is 0 Å². The number of ether oxygens (including phenoxy) is 1. The van der Waals surface area contributed by atoms with E-state index in [1.165, 1.54) is 4.90 Å². The van der Waals surface area contributed by atoms with Crippen molar-refractivity contribution in [1.29, 1.82) is 0 Å². The van der Waals surface area contributed by atoms with E-state index in [0.29, 0.717) is 25.3 Å². The summed E-state index contributed by atoms with van der Waals surface area (Å²) in [7, 11) is 0. The number of carbonyl (C=O) groups is 3. The molecule has 3 amide bonds. The molecule has 1 aromatic rings. The van der Waals surface area contributed by atoms with Crippen LogP contribution in [-0.2, 0) is 9.59 Å². The van der Waals surface area contributed by atoms with E-state index in [1.54, 1.807) is 24.3 Å². The maximum Gasteiger partial charge on any atom is 0.289 e. The Hall–Kier alpha value is -2.02. The summed E-state index contributed by atoms with van der Waals surface area (Å²) in [4.78, 5) is 37.1. The molecule has 0 saturated carbocycles. The molecule has 0 spiro atoms. The van der Waals surface area contributed by atoms with E-state index in [9.17, 15) is 14.4 Å². The van der Waals surface area contributed by atoms with Gasteiger partial charge in [0.05, 0.1) is 6.61 Å². The Labute approximate surface area is 139 Å². The van der Waals surface area contributed by atoms with Crippen molar-refractivity contribution in [2.24, 2.45) is 0 Å². The summed E-state index contributed by atoms with van der Waals surface area (Å²) >= 11 is 0.926. The van der Waals surface area contributed by atoms with Crippen LogP contribution in [0, 0.1) is 0 Å². The number of nitrogens with one attached hydrogen (secondary N) is 1. The molecular weight excluding hydrogens is 316 g/mol. The second kappa shape index (κ2) is 8.01. The molecule has 0 bridgehead atoms. The SMILES string of the molecule is CCCN1C(=O)S[C@@H](CC(=O)Nc2ccc(OCC)cc2)C1=O. The number of hydrogen-bond acceptors (Lipinski definition) is 5. The largest absolute Gasteiger partial charge is 0.494 e. The Morgan fingerprint density at radius 1 is 1.26 bits per heavy atom. The first-order chi connectivity index (χ1) is 11.0. The predicted octanol–water partition coefficient (Wildman–Crippen LogP) is 2.89. The Bertz CT molecular complexity index is 588. The van der Waals surface area contributed by atoms with E-state index in [1.807, 2.05) is 13.8 Å². The second-order valence-electron chi connectivity index (χ2n) is 5.07. The number of carbonyl (C=O) groups excluding carboxylic acids is 3. The number of nitrogens with zero attached hydrogens (tertiary/aromatic N) is 1. The van der Waals surface area contributed by atoms with Crippen LogP contribution in [-0.4, -0.2) is 40.4 Å². The van der Waals surface area contributed by atoms with Crippen LogP contribution in [0.15, 0.2) is 24.3 Å². The van der Waals surface area contributed by atoms with Gasteiger partial charge < -0.3 is 10.1 Å². The summed E-state index contributed by atoms with van der Waals surface area (Å²) < 4.78 is 5.33. The van der Waals surface area contributed by atoms with Gasteiger partial charge in [-0.15, -0.1) is 0 Å². The summed E-state index contributed by atoms with van der Waals surface area (Å²) in [6.45, 7) is 4.78. The first-order valence-electron chi connectivity index (χ1n) is 7.59. The van der Waals surface area contributed by atoms with Crippen molar-refractivity contribution in [1.82, 2.24) is 4.90 Å². The Morgan fingerprint density at radius 3 is 2.57 bits per heavy atom. The lowest BCUT2D eigenvalue weighted by Gasteiger charge is -2.12. The average Bonchev–Trinajstić information content (AvgIpc) is 2.77. The molecule has 0 unspecified atom stereocenters. The molecule has 0 aliphatic carbocycles. The summed E-state index contributed by atoms with van der Waals surface area (Å²) in [5, 5.41) is 1.83. The van der Waals surface area contributed by atoms with Crippen LogP contribution in [0.25, 0.3) is 0 Å². The second-order valence-corrected chi connectivity index (χ2v) is 6.23. The molecular formula is C16H20N2O4S. The van der Waals surface area contributed by atoms with Gasteiger partial charge in [-0.25, -0.2) is 0 Å². The highest BCUT2D eigenvalue weighted by Gasteiger charge is 2.39. The van der Waals surface area contributed by atoms with Gasteiger partial charge in [0.15, 0.2) is 0 Å². The third-order valence-electron chi connectivity index (χ3n) is 3.27. The zero-order chi connectivity index (χ0) is 16.8. The number of benzene rings is 1. The maximum absolute atomic E-state index is 12.1. The van der Waals surface area contributed by atoms with E-state index < -0.39 is 5.25 Å². The molecule has 23 heavy (non-hydrogen) atoms. The Kier molecular flexibility index (Phi) is 6.04. The molecule has 0 aromatic heterocycles. The van der Waals surface area contributed by atoms with Crippen LogP contribution < -0.4 is 10.1 Å². The minimum atomic E-state index is -0.628. The number of amides is 3. The zero-order valence-corrected chi connectivity index (χ0v) is 14.0. The van der Waals surface area contributed by atoms with Crippen LogP contribution in [0.5, 0.6) is 5.75 Å². The third-order valence-corrected chi connectivity index (χ3v) is 4.35. The highest BCUT2D eigenvalue weighted by atomic mass is 32.2. The van der Waals surface area contributed by atoms with Crippen LogP contribution in [0.2, 0.25) is 0 Å². The maximum atomic E-state index is 12.1. The minimum absolute atomic E-state index is 0.0112. The first kappa shape index (κ1) is 17.3. The van der Waals surface area contributed by atoms with Crippen LogP contribution in [0.1, 0.15) is 26.7 Å². The fourth-order valence-corrected chi connectivity index (χ4v) is 3.25. The molecule has 7 heteroatoms. The van der Waals surface area contributed by atoms with Crippen LogP contribution >= 0.6 is 11.8 Å². The fourth-order valence-electron chi connectivity index (χ4n) is 2.24. The van der Waals surface area contributed by atoms with Crippen molar-refractivity contribution >= 4 is 34.5 Å². The number of thioether (sulfide) groups is 1. The molecule has 1 aliphatic rings. The van der Waals surface area contributed by atoms with Gasteiger partial charge in [0, 0.05) is 18.7 Å². The number of imide groups is 1. The monoisotopic (exact) mass is 336 g/mol. The highest BCUT2D eigenvalue weighted by Crippen LogP contribution is 2.29. The van der Waals surface area contributed by atoms with Gasteiger partial charge in [0.25, 0.3) is 5.24 Å². The molecule has 2 rings (SSSR count). The van der Waals surface area contributed by atoms with Crippen molar-refractivity contribution in [3.63, 3.8) is 0 Å². The Balaban J connectivity index is 1.89. The number of anilines is 1. The van der Waals surface area contributed by atoms with E-state index in [4.69, 9.17) is 4.74 Å². The van der Waals surface area contributed by atoms with Gasteiger partial charge in [-0.3, -0.25) is 19.3 Å². The van der Waals surface area contributed by atoms with Gasteiger partial charge in [-0.2, -0.15) is 0 Å². The zero-order valence-electron chi connectivity index (χ0n) is 13.2. The summed E-state index contributed by atoms with van der Waals surface area (Å²) in [6.07, 6.45) is 0.700. The molecule has 6 nitrogen and oxygen atoms in total. The van der Waals surface area contributed by atoms with E-state index in [0.717, 1.165) is 17.5 Å². The van der Waals surface area contributed by atoms with Crippen molar-refractivity contribution < 1.29 is 19.1 Å².